The van der Waals surface area contributed by atoms with E-state index < -0.39 is 24.6 Å². The molecule has 108 valence electrons. The number of aromatic nitrogens is 1. The van der Waals surface area contributed by atoms with Crippen LogP contribution < -0.4 is 5.32 Å². The number of alkyl halides is 5. The predicted molar refractivity (Wildman–Crippen MR) is 62.5 cm³/mol. The second-order valence-electron chi connectivity index (χ2n) is 3.83. The maximum absolute atomic E-state index is 12.7. The zero-order valence-electron chi connectivity index (χ0n) is 9.67. The average molecular weight is 310 g/mol. The van der Waals surface area contributed by atoms with Gasteiger partial charge in [0, 0.05) is 0 Å². The zero-order valence-corrected chi connectivity index (χ0v) is 10.5. The summed E-state index contributed by atoms with van der Waals surface area (Å²) in [6, 6.07) is 6.84. The van der Waals surface area contributed by atoms with E-state index in [0.29, 0.717) is 5.52 Å². The lowest BCUT2D eigenvalue weighted by Crippen LogP contribution is -2.50. The SMILES string of the molecule is O=C(NCc1nc2ccccc2s1)C(F)(F)C(F)(F)F. The summed E-state index contributed by atoms with van der Waals surface area (Å²) in [5, 5.41) is 1.79. The summed E-state index contributed by atoms with van der Waals surface area (Å²) in [6.07, 6.45) is -5.91. The highest BCUT2D eigenvalue weighted by molar-refractivity contribution is 7.18. The number of para-hydroxylation sites is 1. The number of hydrogen-bond donors (Lipinski definition) is 1. The molecule has 3 nitrogen and oxygen atoms in total. The van der Waals surface area contributed by atoms with Crippen molar-refractivity contribution in [1.82, 2.24) is 10.3 Å². The molecule has 9 heteroatoms. The lowest BCUT2D eigenvalue weighted by Gasteiger charge is -2.18. The highest BCUT2D eigenvalue weighted by Crippen LogP contribution is 2.35. The van der Waals surface area contributed by atoms with Gasteiger partial charge in [0.1, 0.15) is 5.01 Å². The molecule has 1 aromatic heterocycles. The molecule has 0 saturated carbocycles. The van der Waals surface area contributed by atoms with Gasteiger partial charge < -0.3 is 5.32 Å². The van der Waals surface area contributed by atoms with Crippen LogP contribution in [0.5, 0.6) is 0 Å². The largest absolute Gasteiger partial charge is 0.463 e. The quantitative estimate of drug-likeness (QED) is 0.885. The molecule has 0 aliphatic rings. The Bertz CT molecular complexity index is 604. The molecular formula is C11H7F5N2OS. The minimum Gasteiger partial charge on any atom is -0.344 e. The van der Waals surface area contributed by atoms with Crippen LogP contribution in [0, 0.1) is 0 Å². The molecule has 0 aliphatic heterocycles. The van der Waals surface area contributed by atoms with E-state index in [1.165, 1.54) is 0 Å². The van der Waals surface area contributed by atoms with Crippen LogP contribution in [-0.4, -0.2) is 23.0 Å². The van der Waals surface area contributed by atoms with Crippen LogP contribution in [-0.2, 0) is 11.3 Å². The highest BCUT2D eigenvalue weighted by atomic mass is 32.1. The molecule has 1 aromatic carbocycles. The van der Waals surface area contributed by atoms with Crippen molar-refractivity contribution in [3.05, 3.63) is 29.3 Å². The zero-order chi connectivity index (χ0) is 15.0. The normalized spacial score (nSPS) is 12.7. The summed E-state index contributed by atoms with van der Waals surface area (Å²) in [4.78, 5) is 14.9. The summed E-state index contributed by atoms with van der Waals surface area (Å²) < 4.78 is 62.0. The van der Waals surface area contributed by atoms with Crippen molar-refractivity contribution in [3.8, 4) is 0 Å². The maximum Gasteiger partial charge on any atom is 0.463 e. The second kappa shape index (κ2) is 4.97. The van der Waals surface area contributed by atoms with E-state index in [2.05, 4.69) is 4.98 Å². The molecule has 20 heavy (non-hydrogen) atoms. The Morgan fingerprint density at radius 3 is 2.45 bits per heavy atom. The van der Waals surface area contributed by atoms with Gasteiger partial charge in [-0.1, -0.05) is 12.1 Å². The van der Waals surface area contributed by atoms with Crippen LogP contribution in [0.2, 0.25) is 0 Å². The van der Waals surface area contributed by atoms with E-state index in [1.54, 1.807) is 29.6 Å². The first-order chi connectivity index (χ1) is 9.22. The van der Waals surface area contributed by atoms with Gasteiger partial charge in [-0.05, 0) is 12.1 Å². The van der Waals surface area contributed by atoms with Gasteiger partial charge in [0.2, 0.25) is 0 Å². The number of benzene rings is 1. The van der Waals surface area contributed by atoms with E-state index in [9.17, 15) is 26.7 Å². The Morgan fingerprint density at radius 2 is 1.85 bits per heavy atom. The first-order valence-electron chi connectivity index (χ1n) is 5.29. The average Bonchev–Trinajstić information content (AvgIpc) is 2.77. The van der Waals surface area contributed by atoms with Gasteiger partial charge >= 0.3 is 18.0 Å². The van der Waals surface area contributed by atoms with Gasteiger partial charge in [-0.25, -0.2) is 4.98 Å². The van der Waals surface area contributed by atoms with Gasteiger partial charge in [0.05, 0.1) is 16.8 Å². The molecule has 0 radical (unpaired) electrons. The Balaban J connectivity index is 2.07. The van der Waals surface area contributed by atoms with Crippen LogP contribution in [0.1, 0.15) is 5.01 Å². The topological polar surface area (TPSA) is 42.0 Å². The minimum atomic E-state index is -5.91. The molecule has 1 heterocycles. The molecule has 2 aromatic rings. The Labute approximate surface area is 113 Å². The molecule has 0 aliphatic carbocycles. The molecule has 0 bridgehead atoms. The third-order valence-corrected chi connectivity index (χ3v) is 3.42. The fourth-order valence-electron chi connectivity index (χ4n) is 1.39. The van der Waals surface area contributed by atoms with Crippen molar-refractivity contribution in [1.29, 1.82) is 0 Å². The minimum absolute atomic E-state index is 0.248. The maximum atomic E-state index is 12.7. The Morgan fingerprint density at radius 1 is 1.20 bits per heavy atom. The number of fused-ring (bicyclic) bond motifs is 1. The molecule has 0 atom stereocenters. The summed E-state index contributed by atoms with van der Waals surface area (Å²) in [7, 11) is 0. The second-order valence-corrected chi connectivity index (χ2v) is 4.95. The fourth-order valence-corrected chi connectivity index (χ4v) is 2.30. The standard InChI is InChI=1S/C11H7F5N2OS/c12-10(13,11(14,15)16)9(19)17-5-8-18-6-3-1-2-4-7(6)20-8/h1-4H,5H2,(H,17,19). The van der Waals surface area contributed by atoms with Crippen molar-refractivity contribution >= 4 is 27.5 Å². The van der Waals surface area contributed by atoms with Gasteiger partial charge in [-0.15, -0.1) is 11.3 Å². The summed E-state index contributed by atoms with van der Waals surface area (Å²) in [5.41, 5.74) is 0.587. The number of amides is 1. The monoisotopic (exact) mass is 310 g/mol. The fraction of sp³-hybridized carbons (Fsp3) is 0.273. The third-order valence-electron chi connectivity index (χ3n) is 2.38. The molecule has 0 unspecified atom stereocenters. The van der Waals surface area contributed by atoms with Gasteiger partial charge in [-0.3, -0.25) is 4.79 Å². The van der Waals surface area contributed by atoms with Gasteiger partial charge in [0.25, 0.3) is 0 Å². The lowest BCUT2D eigenvalue weighted by atomic mass is 10.3. The highest BCUT2D eigenvalue weighted by Gasteiger charge is 2.63. The number of halogens is 5. The molecule has 1 N–H and O–H groups in total. The molecule has 0 spiro atoms. The molecule has 1 amide bonds. The van der Waals surface area contributed by atoms with Crippen molar-refractivity contribution in [2.24, 2.45) is 0 Å². The van der Waals surface area contributed by atoms with E-state index in [4.69, 9.17) is 0 Å². The van der Waals surface area contributed by atoms with Crippen molar-refractivity contribution in [2.75, 3.05) is 0 Å². The van der Waals surface area contributed by atoms with Gasteiger partial charge in [0.15, 0.2) is 0 Å². The van der Waals surface area contributed by atoms with Crippen LogP contribution >= 0.6 is 11.3 Å². The molecule has 0 saturated heterocycles. The smallest absolute Gasteiger partial charge is 0.344 e. The van der Waals surface area contributed by atoms with Crippen LogP contribution in [0.25, 0.3) is 10.2 Å². The van der Waals surface area contributed by atoms with Gasteiger partial charge in [-0.2, -0.15) is 22.0 Å². The van der Waals surface area contributed by atoms with Crippen molar-refractivity contribution in [2.45, 2.75) is 18.6 Å². The van der Waals surface area contributed by atoms with E-state index in [1.807, 2.05) is 0 Å². The van der Waals surface area contributed by atoms with Crippen LogP contribution in [0.3, 0.4) is 0 Å². The predicted octanol–water partition coefficient (Wildman–Crippen LogP) is 3.11. The number of hydrogen-bond acceptors (Lipinski definition) is 3. The van der Waals surface area contributed by atoms with Crippen molar-refractivity contribution in [3.63, 3.8) is 0 Å². The first-order valence-corrected chi connectivity index (χ1v) is 6.11. The third kappa shape index (κ3) is 2.72. The lowest BCUT2D eigenvalue weighted by molar-refractivity contribution is -0.269. The Hall–Kier alpha value is -1.77. The molecule has 2 rings (SSSR count). The van der Waals surface area contributed by atoms with Crippen molar-refractivity contribution < 1.29 is 26.7 Å². The number of carbonyl (C=O) groups excluding carboxylic acids is 1. The number of carbonyl (C=O) groups is 1. The summed E-state index contributed by atoms with van der Waals surface area (Å²) in [5.74, 6) is -7.80. The number of rotatable bonds is 3. The molecular weight excluding hydrogens is 303 g/mol. The number of nitrogens with zero attached hydrogens (tertiary/aromatic N) is 1. The number of nitrogens with one attached hydrogen (secondary N) is 1. The van der Waals surface area contributed by atoms with E-state index >= 15 is 0 Å². The molecule has 0 fully saturated rings. The first kappa shape index (κ1) is 14.6. The van der Waals surface area contributed by atoms with Crippen LogP contribution in [0.4, 0.5) is 22.0 Å². The Kier molecular flexibility index (Phi) is 3.63. The summed E-state index contributed by atoms with van der Waals surface area (Å²) in [6.45, 7) is -0.482. The summed E-state index contributed by atoms with van der Waals surface area (Å²) >= 11 is 1.11. The van der Waals surface area contributed by atoms with E-state index in [-0.39, 0.29) is 5.01 Å². The van der Waals surface area contributed by atoms with Crippen LogP contribution in [0.15, 0.2) is 24.3 Å². The van der Waals surface area contributed by atoms with E-state index in [0.717, 1.165) is 16.0 Å². The number of thiazole rings is 1.